The van der Waals surface area contributed by atoms with Gasteiger partial charge in [-0.15, -0.1) is 0 Å². The topological polar surface area (TPSA) is 57.6 Å². The van der Waals surface area contributed by atoms with Crippen molar-refractivity contribution in [2.45, 2.75) is 50.0 Å². The lowest BCUT2D eigenvalue weighted by molar-refractivity contribution is -0.113. The van der Waals surface area contributed by atoms with Gasteiger partial charge in [-0.3, -0.25) is 9.59 Å². The molecule has 1 N–H and O–H groups in total. The van der Waals surface area contributed by atoms with E-state index < -0.39 is 6.04 Å². The van der Waals surface area contributed by atoms with Gasteiger partial charge < -0.3 is 10.0 Å². The maximum atomic E-state index is 12.3. The maximum Gasteiger partial charge on any atom is 0.289 e. The molecular weight excluding hydrogens is 454 g/mol. The molecule has 1 amide bonds. The van der Waals surface area contributed by atoms with Crippen LogP contribution in [0.1, 0.15) is 55.7 Å². The summed E-state index contributed by atoms with van der Waals surface area (Å²) in [7, 11) is 1.68. The predicted octanol–water partition coefficient (Wildman–Crippen LogP) is 7.05. The quantitative estimate of drug-likeness (QED) is 0.434. The van der Waals surface area contributed by atoms with Gasteiger partial charge in [0, 0.05) is 24.4 Å². The van der Waals surface area contributed by atoms with Crippen molar-refractivity contribution in [3.63, 3.8) is 0 Å². The van der Waals surface area contributed by atoms with Crippen LogP contribution in [0.2, 0.25) is 0 Å². The second kappa shape index (κ2) is 7.60. The van der Waals surface area contributed by atoms with Gasteiger partial charge in [0.1, 0.15) is 11.8 Å². The van der Waals surface area contributed by atoms with Gasteiger partial charge >= 0.3 is 0 Å². The van der Waals surface area contributed by atoms with Crippen LogP contribution in [-0.4, -0.2) is 27.4 Å². The van der Waals surface area contributed by atoms with Crippen molar-refractivity contribution in [3.8, 4) is 16.9 Å². The van der Waals surface area contributed by atoms with E-state index in [2.05, 4.69) is 24.3 Å². The molecule has 3 aromatic rings. The van der Waals surface area contributed by atoms with E-state index in [-0.39, 0.29) is 15.8 Å². The van der Waals surface area contributed by atoms with E-state index in [1.165, 1.54) is 43.4 Å². The van der Waals surface area contributed by atoms with Crippen LogP contribution in [0.15, 0.2) is 54.6 Å². The molecule has 4 saturated carbocycles. The number of amides is 1. The number of fused-ring (bicyclic) bond motifs is 1. The second-order valence-corrected chi connectivity index (χ2v) is 12.4. The van der Waals surface area contributed by atoms with Gasteiger partial charge in [0.2, 0.25) is 5.12 Å². The Labute approximate surface area is 209 Å². The Balaban J connectivity index is 1.24. The van der Waals surface area contributed by atoms with Crippen LogP contribution in [0, 0.1) is 17.8 Å². The molecule has 0 radical (unpaired) electrons. The largest absolute Gasteiger partial charge is 0.508 e. The molecule has 35 heavy (non-hydrogen) atoms. The fourth-order valence-corrected chi connectivity index (χ4v) is 8.86. The zero-order chi connectivity index (χ0) is 23.9. The summed E-state index contributed by atoms with van der Waals surface area (Å²) in [5, 5.41) is 12.8. The van der Waals surface area contributed by atoms with E-state index in [0.29, 0.717) is 5.75 Å². The van der Waals surface area contributed by atoms with Crippen LogP contribution in [0.25, 0.3) is 21.9 Å². The van der Waals surface area contributed by atoms with E-state index >= 15 is 0 Å². The number of phenols is 1. The first-order valence-electron chi connectivity index (χ1n) is 12.7. The summed E-state index contributed by atoms with van der Waals surface area (Å²) in [6.07, 6.45) is 7.85. The van der Waals surface area contributed by atoms with Crippen molar-refractivity contribution < 1.29 is 14.7 Å². The van der Waals surface area contributed by atoms with Gasteiger partial charge in [-0.25, -0.2) is 0 Å². The minimum absolute atomic E-state index is 0.116. The molecule has 1 saturated heterocycles. The van der Waals surface area contributed by atoms with Gasteiger partial charge in [0.05, 0.1) is 0 Å². The van der Waals surface area contributed by atoms with Gasteiger partial charge in [-0.2, -0.15) is 0 Å². The fourth-order valence-electron chi connectivity index (χ4n) is 8.03. The second-order valence-electron chi connectivity index (χ2n) is 11.5. The van der Waals surface area contributed by atoms with Crippen LogP contribution in [0.4, 0.5) is 4.79 Å². The molecule has 8 rings (SSSR count). The molecule has 4 bridgehead atoms. The third-order valence-electron chi connectivity index (χ3n) is 9.21. The van der Waals surface area contributed by atoms with E-state index in [4.69, 9.17) is 0 Å². The molecule has 178 valence electrons. The molecule has 4 nitrogen and oxygen atoms in total. The number of carbonyl (C=O) groups is 2. The number of carbonyl (C=O) groups excluding carboxylic acids is 2. The molecule has 1 unspecified atom stereocenters. The number of benzene rings is 3. The van der Waals surface area contributed by atoms with Crippen molar-refractivity contribution in [2.24, 2.45) is 17.8 Å². The average Bonchev–Trinajstić information content (AvgIpc) is 3.08. The molecule has 4 aliphatic carbocycles. The van der Waals surface area contributed by atoms with E-state index in [0.717, 1.165) is 62.5 Å². The molecule has 0 spiro atoms. The van der Waals surface area contributed by atoms with Crippen LogP contribution >= 0.6 is 11.8 Å². The SMILES string of the molecule is CN1C(=O)SC(=O)C1c1ccc2cc(-c3ccc(O)c(C45CC6CC(CC(C6)C4)C5)c3)ccc2c1. The summed E-state index contributed by atoms with van der Waals surface area (Å²) in [6.45, 7) is 0. The highest BCUT2D eigenvalue weighted by molar-refractivity contribution is 8.26. The number of hydrogen-bond donors (Lipinski definition) is 1. The lowest BCUT2D eigenvalue weighted by atomic mass is 9.48. The van der Waals surface area contributed by atoms with Gasteiger partial charge in [-0.05, 0) is 113 Å². The molecule has 1 aliphatic heterocycles. The Morgan fingerprint density at radius 2 is 1.43 bits per heavy atom. The van der Waals surface area contributed by atoms with Crippen molar-refractivity contribution >= 4 is 32.9 Å². The zero-order valence-corrected chi connectivity index (χ0v) is 20.7. The molecule has 5 aliphatic rings. The van der Waals surface area contributed by atoms with E-state index in [1.807, 2.05) is 30.3 Å². The van der Waals surface area contributed by atoms with Gasteiger partial charge in [0.15, 0.2) is 0 Å². The average molecular weight is 484 g/mol. The standard InChI is InChI=1S/C30H29NO3S/c1-31-27(28(33)35-29(31)34)24-5-4-20-11-21(2-3-22(20)12-24)23-6-7-26(32)25(13-23)30-14-17-8-18(15-30)10-19(9-17)16-30/h2-7,11-13,17-19,27,32H,8-10,14-16H2,1H3. The van der Waals surface area contributed by atoms with Crippen molar-refractivity contribution in [1.82, 2.24) is 4.90 Å². The van der Waals surface area contributed by atoms with E-state index in [9.17, 15) is 14.7 Å². The fraction of sp³-hybridized carbons (Fsp3) is 0.400. The Kier molecular flexibility index (Phi) is 4.67. The number of thioether (sulfide) groups is 1. The number of aromatic hydroxyl groups is 1. The van der Waals surface area contributed by atoms with E-state index in [1.54, 1.807) is 7.05 Å². The highest BCUT2D eigenvalue weighted by Crippen LogP contribution is 2.62. The summed E-state index contributed by atoms with van der Waals surface area (Å²) in [4.78, 5) is 25.8. The van der Waals surface area contributed by atoms with Crippen molar-refractivity contribution in [3.05, 3.63) is 65.7 Å². The Morgan fingerprint density at radius 3 is 2.09 bits per heavy atom. The Hall–Kier alpha value is -2.79. The van der Waals surface area contributed by atoms with Gasteiger partial charge in [0.25, 0.3) is 5.24 Å². The lowest BCUT2D eigenvalue weighted by Crippen LogP contribution is -2.48. The molecule has 3 aromatic carbocycles. The van der Waals surface area contributed by atoms with Crippen molar-refractivity contribution in [1.29, 1.82) is 0 Å². The van der Waals surface area contributed by atoms with Crippen LogP contribution in [-0.2, 0) is 10.2 Å². The summed E-state index contributed by atoms with van der Waals surface area (Å²) < 4.78 is 0. The predicted molar refractivity (Wildman–Crippen MR) is 139 cm³/mol. The summed E-state index contributed by atoms with van der Waals surface area (Å²) in [5.41, 5.74) is 4.44. The highest BCUT2D eigenvalue weighted by Gasteiger charge is 2.52. The summed E-state index contributed by atoms with van der Waals surface area (Å²) >= 11 is 0.787. The smallest absolute Gasteiger partial charge is 0.289 e. The maximum absolute atomic E-state index is 12.3. The molecule has 5 heteroatoms. The third kappa shape index (κ3) is 3.35. The molecule has 1 heterocycles. The minimum atomic E-state index is -0.517. The van der Waals surface area contributed by atoms with Crippen molar-refractivity contribution in [2.75, 3.05) is 7.05 Å². The number of rotatable bonds is 3. The first-order valence-corrected chi connectivity index (χ1v) is 13.6. The third-order valence-corrected chi connectivity index (χ3v) is 10.1. The number of likely N-dealkylation sites (N-methyl/N-ethyl adjacent to an activating group) is 1. The van der Waals surface area contributed by atoms with Crippen LogP contribution in [0.5, 0.6) is 5.75 Å². The molecule has 5 fully saturated rings. The van der Waals surface area contributed by atoms with Gasteiger partial charge in [-0.1, -0.05) is 30.3 Å². The normalized spacial score (nSPS) is 31.6. The number of phenolic OH excluding ortho intramolecular Hbond substituents is 1. The summed E-state index contributed by atoms with van der Waals surface area (Å²) in [6, 6.07) is 18.1. The Bertz CT molecular complexity index is 1360. The lowest BCUT2D eigenvalue weighted by Gasteiger charge is -2.57. The molecular formula is C30H29NO3S. The first-order chi connectivity index (χ1) is 16.9. The number of nitrogens with zero attached hydrogens (tertiary/aromatic N) is 1. The highest BCUT2D eigenvalue weighted by atomic mass is 32.2. The summed E-state index contributed by atoms with van der Waals surface area (Å²) in [5.74, 6) is 2.95. The first kappa shape index (κ1) is 21.5. The monoisotopic (exact) mass is 483 g/mol. The Morgan fingerprint density at radius 1 is 0.829 bits per heavy atom. The number of hydrogen-bond acceptors (Lipinski definition) is 4. The minimum Gasteiger partial charge on any atom is -0.508 e. The molecule has 0 aromatic heterocycles. The van der Waals surface area contributed by atoms with Crippen LogP contribution in [0.3, 0.4) is 0 Å². The zero-order valence-electron chi connectivity index (χ0n) is 19.9. The molecule has 1 atom stereocenters. The van der Waals surface area contributed by atoms with Crippen LogP contribution < -0.4 is 0 Å².